The number of nitrogens with zero attached hydrogens (tertiary/aromatic N) is 4. The lowest BCUT2D eigenvalue weighted by Crippen LogP contribution is -2.36. The quantitative estimate of drug-likeness (QED) is 0.450. The second-order valence-corrected chi connectivity index (χ2v) is 9.02. The Morgan fingerprint density at radius 1 is 1.18 bits per heavy atom. The van der Waals surface area contributed by atoms with E-state index in [1.807, 2.05) is 30.1 Å². The van der Waals surface area contributed by atoms with E-state index in [2.05, 4.69) is 21.2 Å². The molecular weight excluding hydrogens is 466 g/mol. The number of aliphatic hydroxyl groups is 1. The minimum atomic E-state index is -0.494. The van der Waals surface area contributed by atoms with Gasteiger partial charge in [-0.05, 0) is 43.5 Å². The van der Waals surface area contributed by atoms with Gasteiger partial charge in [-0.15, -0.1) is 0 Å². The van der Waals surface area contributed by atoms with Gasteiger partial charge in [0.1, 0.15) is 11.6 Å². The van der Waals surface area contributed by atoms with E-state index in [4.69, 9.17) is 33.0 Å². The molecule has 9 heteroatoms. The molecule has 0 bridgehead atoms. The van der Waals surface area contributed by atoms with E-state index in [-0.39, 0.29) is 11.6 Å². The number of β-amino-alcohol motifs (C(OH)–C–C–N with tert-alkyl or cyclic N) is 1. The van der Waals surface area contributed by atoms with Crippen LogP contribution in [0.1, 0.15) is 30.1 Å². The summed E-state index contributed by atoms with van der Waals surface area (Å²) < 4.78 is 21.7. The number of aryl methyl sites for hydroxylation is 1. The van der Waals surface area contributed by atoms with Gasteiger partial charge in [0.15, 0.2) is 0 Å². The zero-order chi connectivity index (χ0) is 23.4. The lowest BCUT2D eigenvalue weighted by Gasteiger charge is -2.31. The van der Waals surface area contributed by atoms with Crippen molar-refractivity contribution in [1.29, 1.82) is 0 Å². The molecule has 0 spiro atoms. The number of hydrogen-bond acceptors (Lipinski definition) is 5. The van der Waals surface area contributed by atoms with Gasteiger partial charge in [-0.2, -0.15) is 5.10 Å². The first kappa shape index (κ1) is 24.0. The number of aromatic nitrogens is 3. The second kappa shape index (κ2) is 10.8. The Balaban J connectivity index is 1.41. The molecule has 176 valence electrons. The van der Waals surface area contributed by atoms with Crippen molar-refractivity contribution < 1.29 is 14.2 Å². The van der Waals surface area contributed by atoms with Crippen LogP contribution in [0, 0.1) is 12.7 Å². The fraction of sp³-hybridized carbons (Fsp3) is 0.417. The van der Waals surface area contributed by atoms with Gasteiger partial charge in [0, 0.05) is 54.6 Å². The Morgan fingerprint density at radius 2 is 1.97 bits per heavy atom. The summed E-state index contributed by atoms with van der Waals surface area (Å²) in [6, 6.07) is 5.05. The third kappa shape index (κ3) is 5.66. The maximum atomic E-state index is 13.7. The first-order chi connectivity index (χ1) is 16.0. The lowest BCUT2D eigenvalue weighted by atomic mass is 10.1. The zero-order valence-corrected chi connectivity index (χ0v) is 20.0. The summed E-state index contributed by atoms with van der Waals surface area (Å²) in [7, 11) is 0. The van der Waals surface area contributed by atoms with E-state index in [0.717, 1.165) is 49.3 Å². The standard InChI is InChI=1S/C24H27Cl2FN4O2/c1-16-23(33-11-6-20-21(25)2-3-22(27)24(20)26)12-17(13-28-16)18-14-29-31(15-18)19-4-7-30(8-5-19)9-10-32/h2-3,12-15,19,32H,4-11H2,1H3. The molecule has 1 aliphatic heterocycles. The van der Waals surface area contributed by atoms with Crippen molar-refractivity contribution in [2.75, 3.05) is 32.8 Å². The van der Waals surface area contributed by atoms with Crippen LogP contribution >= 0.6 is 23.2 Å². The van der Waals surface area contributed by atoms with Crippen molar-refractivity contribution in [1.82, 2.24) is 19.7 Å². The van der Waals surface area contributed by atoms with Crippen LogP contribution in [0.5, 0.6) is 5.75 Å². The summed E-state index contributed by atoms with van der Waals surface area (Å²) in [6.07, 6.45) is 8.11. The van der Waals surface area contributed by atoms with E-state index in [1.54, 1.807) is 0 Å². The number of pyridine rings is 1. The molecular formula is C24H27Cl2FN4O2. The Kier molecular flexibility index (Phi) is 7.86. The lowest BCUT2D eigenvalue weighted by molar-refractivity contribution is 0.146. The maximum Gasteiger partial charge on any atom is 0.142 e. The Morgan fingerprint density at radius 3 is 2.73 bits per heavy atom. The van der Waals surface area contributed by atoms with Crippen molar-refractivity contribution >= 4 is 23.2 Å². The van der Waals surface area contributed by atoms with E-state index in [0.29, 0.717) is 35.4 Å². The van der Waals surface area contributed by atoms with E-state index < -0.39 is 5.82 Å². The van der Waals surface area contributed by atoms with E-state index in [1.165, 1.54) is 12.1 Å². The highest BCUT2D eigenvalue weighted by Gasteiger charge is 2.21. The number of rotatable bonds is 8. The fourth-order valence-electron chi connectivity index (χ4n) is 4.11. The first-order valence-corrected chi connectivity index (χ1v) is 11.8. The molecule has 0 saturated carbocycles. The molecule has 1 fully saturated rings. The Bertz CT molecular complexity index is 1100. The molecule has 0 amide bonds. The van der Waals surface area contributed by atoms with Crippen LogP contribution in [0.3, 0.4) is 0 Å². The predicted octanol–water partition coefficient (Wildman–Crippen LogP) is 4.95. The summed E-state index contributed by atoms with van der Waals surface area (Å²) >= 11 is 12.2. The van der Waals surface area contributed by atoms with Gasteiger partial charge >= 0.3 is 0 Å². The predicted molar refractivity (Wildman–Crippen MR) is 128 cm³/mol. The molecule has 33 heavy (non-hydrogen) atoms. The maximum absolute atomic E-state index is 13.7. The summed E-state index contributed by atoms with van der Waals surface area (Å²) in [6.45, 7) is 5.02. The highest BCUT2D eigenvalue weighted by molar-refractivity contribution is 6.36. The molecule has 1 aliphatic rings. The smallest absolute Gasteiger partial charge is 0.142 e. The minimum Gasteiger partial charge on any atom is -0.491 e. The van der Waals surface area contributed by atoms with Crippen LogP contribution in [0.2, 0.25) is 10.0 Å². The van der Waals surface area contributed by atoms with Gasteiger partial charge < -0.3 is 14.7 Å². The van der Waals surface area contributed by atoms with Crippen LogP contribution in [-0.2, 0) is 6.42 Å². The Labute approximate surface area is 202 Å². The summed E-state index contributed by atoms with van der Waals surface area (Å²) in [5.41, 5.74) is 3.19. The van der Waals surface area contributed by atoms with Crippen molar-refractivity contribution in [3.8, 4) is 16.9 Å². The molecule has 0 aliphatic carbocycles. The van der Waals surface area contributed by atoms with Gasteiger partial charge in [0.05, 0.1) is 36.2 Å². The SMILES string of the molecule is Cc1ncc(-c2cnn(C3CCN(CCO)CC3)c2)cc1OCCc1c(Cl)ccc(F)c1Cl. The fourth-order valence-corrected chi connectivity index (χ4v) is 4.67. The van der Waals surface area contributed by atoms with Crippen LogP contribution < -0.4 is 4.74 Å². The molecule has 2 aromatic heterocycles. The molecule has 4 rings (SSSR count). The topological polar surface area (TPSA) is 63.4 Å². The van der Waals surface area contributed by atoms with Gasteiger partial charge in [-0.3, -0.25) is 9.67 Å². The molecule has 3 aromatic rings. The number of piperidine rings is 1. The molecule has 6 nitrogen and oxygen atoms in total. The zero-order valence-electron chi connectivity index (χ0n) is 18.5. The monoisotopic (exact) mass is 492 g/mol. The second-order valence-electron chi connectivity index (χ2n) is 8.23. The van der Waals surface area contributed by atoms with Gasteiger partial charge in [0.25, 0.3) is 0 Å². The Hall–Kier alpha value is -2.19. The third-order valence-corrected chi connectivity index (χ3v) is 6.83. The molecule has 1 aromatic carbocycles. The average molecular weight is 493 g/mol. The highest BCUT2D eigenvalue weighted by atomic mass is 35.5. The molecule has 3 heterocycles. The van der Waals surface area contributed by atoms with Crippen molar-refractivity contribution in [3.05, 3.63) is 63.9 Å². The average Bonchev–Trinajstić information content (AvgIpc) is 3.31. The number of ether oxygens (including phenoxy) is 1. The summed E-state index contributed by atoms with van der Waals surface area (Å²) in [4.78, 5) is 6.75. The third-order valence-electron chi connectivity index (χ3n) is 6.07. The normalized spacial score (nSPS) is 15.2. The number of hydrogen-bond donors (Lipinski definition) is 1. The van der Waals surface area contributed by atoms with Crippen LogP contribution in [0.25, 0.3) is 11.1 Å². The van der Waals surface area contributed by atoms with Gasteiger partial charge in [-0.25, -0.2) is 4.39 Å². The van der Waals surface area contributed by atoms with Crippen LogP contribution in [-0.4, -0.2) is 57.6 Å². The molecule has 0 radical (unpaired) electrons. The van der Waals surface area contributed by atoms with Crippen LogP contribution in [0.4, 0.5) is 4.39 Å². The number of likely N-dealkylation sites (tertiary alicyclic amines) is 1. The van der Waals surface area contributed by atoms with Crippen molar-refractivity contribution in [2.24, 2.45) is 0 Å². The number of benzene rings is 1. The van der Waals surface area contributed by atoms with Crippen molar-refractivity contribution in [3.63, 3.8) is 0 Å². The largest absolute Gasteiger partial charge is 0.491 e. The van der Waals surface area contributed by atoms with Gasteiger partial charge in [0.2, 0.25) is 0 Å². The number of halogens is 3. The molecule has 1 saturated heterocycles. The first-order valence-electron chi connectivity index (χ1n) is 11.1. The highest BCUT2D eigenvalue weighted by Crippen LogP contribution is 2.30. The molecule has 1 N–H and O–H groups in total. The number of aliphatic hydroxyl groups excluding tert-OH is 1. The van der Waals surface area contributed by atoms with Gasteiger partial charge in [-0.1, -0.05) is 23.2 Å². The van der Waals surface area contributed by atoms with Crippen LogP contribution in [0.15, 0.2) is 36.8 Å². The summed E-state index contributed by atoms with van der Waals surface area (Å²) in [5, 5.41) is 14.2. The molecule has 0 unspecified atom stereocenters. The van der Waals surface area contributed by atoms with E-state index in [9.17, 15) is 4.39 Å². The van der Waals surface area contributed by atoms with Crippen molar-refractivity contribution in [2.45, 2.75) is 32.2 Å². The minimum absolute atomic E-state index is 0.0318. The molecule has 0 atom stereocenters. The summed E-state index contributed by atoms with van der Waals surface area (Å²) in [5.74, 6) is 0.160. The van der Waals surface area contributed by atoms with E-state index >= 15 is 0 Å².